The summed E-state index contributed by atoms with van der Waals surface area (Å²) in [5.41, 5.74) is 0. The number of rotatable bonds is 8. The average Bonchev–Trinajstić information content (AvgIpc) is 2.70. The molecule has 0 bridgehead atoms. The molecule has 0 aliphatic carbocycles. The predicted molar refractivity (Wildman–Crippen MR) is 72.0 cm³/mol. The van der Waals surface area contributed by atoms with E-state index in [9.17, 15) is 0 Å². The summed E-state index contributed by atoms with van der Waals surface area (Å²) in [6.07, 6.45) is 2.38. The third-order valence-corrected chi connectivity index (χ3v) is 3.00. The molecule has 5 nitrogen and oxygen atoms in total. The van der Waals surface area contributed by atoms with Crippen LogP contribution in [0.5, 0.6) is 0 Å². The molecule has 1 rings (SSSR count). The van der Waals surface area contributed by atoms with E-state index in [1.165, 1.54) is 0 Å². The molecule has 5 heteroatoms. The van der Waals surface area contributed by atoms with Gasteiger partial charge in [0, 0.05) is 19.2 Å². The molecule has 1 heterocycles. The summed E-state index contributed by atoms with van der Waals surface area (Å²) in [4.78, 5) is 4.29. The van der Waals surface area contributed by atoms with Gasteiger partial charge in [-0.25, -0.2) is 9.67 Å². The van der Waals surface area contributed by atoms with Crippen LogP contribution in [0.1, 0.15) is 39.9 Å². The highest BCUT2D eigenvalue weighted by molar-refractivity contribution is 4.86. The fourth-order valence-corrected chi connectivity index (χ4v) is 1.96. The molecule has 104 valence electrons. The van der Waals surface area contributed by atoms with Crippen LogP contribution in [0.4, 0.5) is 0 Å². The average molecular weight is 254 g/mol. The van der Waals surface area contributed by atoms with E-state index in [-0.39, 0.29) is 6.61 Å². The number of hydrogen-bond acceptors (Lipinski definition) is 4. The van der Waals surface area contributed by atoms with Crippen molar-refractivity contribution < 1.29 is 5.11 Å². The quantitative estimate of drug-likeness (QED) is 0.736. The van der Waals surface area contributed by atoms with E-state index < -0.39 is 0 Å². The van der Waals surface area contributed by atoms with Crippen LogP contribution >= 0.6 is 0 Å². The van der Waals surface area contributed by atoms with Crippen LogP contribution in [0.15, 0.2) is 6.33 Å². The van der Waals surface area contributed by atoms with Gasteiger partial charge in [0.15, 0.2) is 0 Å². The SMILES string of the molecule is CC(C)Cn1ncnc1CNC(CCO)C(C)C. The molecule has 0 amide bonds. The molecule has 2 N–H and O–H groups in total. The van der Waals surface area contributed by atoms with E-state index in [0.29, 0.717) is 24.4 Å². The van der Waals surface area contributed by atoms with Gasteiger partial charge in [-0.2, -0.15) is 5.10 Å². The molecule has 0 aliphatic rings. The van der Waals surface area contributed by atoms with Gasteiger partial charge in [-0.05, 0) is 18.3 Å². The fourth-order valence-electron chi connectivity index (χ4n) is 1.96. The molecule has 1 aromatic rings. The number of nitrogens with zero attached hydrogens (tertiary/aromatic N) is 3. The molecule has 0 aromatic carbocycles. The molecule has 1 unspecified atom stereocenters. The van der Waals surface area contributed by atoms with Crippen LogP contribution < -0.4 is 5.32 Å². The lowest BCUT2D eigenvalue weighted by molar-refractivity contribution is 0.242. The number of hydrogen-bond donors (Lipinski definition) is 2. The highest BCUT2D eigenvalue weighted by atomic mass is 16.3. The van der Waals surface area contributed by atoms with Crippen molar-refractivity contribution in [3.05, 3.63) is 12.2 Å². The minimum absolute atomic E-state index is 0.217. The fraction of sp³-hybridized carbons (Fsp3) is 0.846. The number of aliphatic hydroxyl groups excluding tert-OH is 1. The van der Waals surface area contributed by atoms with Crippen LogP contribution in [0.25, 0.3) is 0 Å². The van der Waals surface area contributed by atoms with Gasteiger partial charge in [-0.1, -0.05) is 27.7 Å². The second-order valence-electron chi connectivity index (χ2n) is 5.50. The Bertz CT molecular complexity index is 335. The Labute approximate surface area is 110 Å². The summed E-state index contributed by atoms with van der Waals surface area (Å²) in [5.74, 6) is 2.02. The maximum absolute atomic E-state index is 9.04. The third kappa shape index (κ3) is 4.74. The zero-order valence-corrected chi connectivity index (χ0v) is 11.9. The topological polar surface area (TPSA) is 63.0 Å². The lowest BCUT2D eigenvalue weighted by Gasteiger charge is -2.21. The van der Waals surface area contributed by atoms with Gasteiger partial charge in [0.2, 0.25) is 0 Å². The molecule has 1 atom stereocenters. The van der Waals surface area contributed by atoms with Crippen molar-refractivity contribution in [2.45, 2.75) is 53.2 Å². The molecular formula is C13H26N4O. The van der Waals surface area contributed by atoms with Gasteiger partial charge >= 0.3 is 0 Å². The molecule has 0 fully saturated rings. The first-order valence-electron chi connectivity index (χ1n) is 6.75. The Kier molecular flexibility index (Phi) is 6.29. The van der Waals surface area contributed by atoms with Gasteiger partial charge in [-0.15, -0.1) is 0 Å². The Balaban J connectivity index is 2.53. The summed E-state index contributed by atoms with van der Waals surface area (Å²) in [7, 11) is 0. The first kappa shape index (κ1) is 15.1. The molecule has 0 saturated carbocycles. The van der Waals surface area contributed by atoms with E-state index in [2.05, 4.69) is 43.1 Å². The second kappa shape index (κ2) is 7.48. The molecule has 0 spiro atoms. The summed E-state index contributed by atoms with van der Waals surface area (Å²) in [6, 6.07) is 0.319. The van der Waals surface area contributed by atoms with Gasteiger partial charge in [-0.3, -0.25) is 0 Å². The van der Waals surface area contributed by atoms with Crippen molar-refractivity contribution in [2.24, 2.45) is 11.8 Å². The molecule has 18 heavy (non-hydrogen) atoms. The number of aliphatic hydroxyl groups is 1. The number of aromatic nitrogens is 3. The minimum atomic E-state index is 0.217. The van der Waals surface area contributed by atoms with Gasteiger partial charge in [0.1, 0.15) is 12.2 Å². The standard InChI is InChI=1S/C13H26N4O/c1-10(2)8-17-13(15-9-16-17)7-14-12(5-6-18)11(3)4/h9-12,14,18H,5-8H2,1-4H3. The molecule has 1 aromatic heterocycles. The van der Waals surface area contributed by atoms with Gasteiger partial charge in [0.25, 0.3) is 0 Å². The van der Waals surface area contributed by atoms with Crippen molar-refractivity contribution in [1.82, 2.24) is 20.1 Å². The van der Waals surface area contributed by atoms with E-state index in [1.54, 1.807) is 6.33 Å². The zero-order chi connectivity index (χ0) is 13.5. The monoisotopic (exact) mass is 254 g/mol. The number of nitrogens with one attached hydrogen (secondary N) is 1. The first-order valence-corrected chi connectivity index (χ1v) is 6.75. The normalized spacial score (nSPS) is 13.5. The highest BCUT2D eigenvalue weighted by Gasteiger charge is 2.14. The second-order valence-corrected chi connectivity index (χ2v) is 5.50. The predicted octanol–water partition coefficient (Wildman–Crippen LogP) is 1.43. The lowest BCUT2D eigenvalue weighted by Crippen LogP contribution is -2.35. The molecule has 0 saturated heterocycles. The van der Waals surface area contributed by atoms with Crippen molar-refractivity contribution in [2.75, 3.05) is 6.61 Å². The Hall–Kier alpha value is -0.940. The van der Waals surface area contributed by atoms with E-state index in [0.717, 1.165) is 18.8 Å². The van der Waals surface area contributed by atoms with Crippen LogP contribution in [-0.4, -0.2) is 32.5 Å². The van der Waals surface area contributed by atoms with E-state index in [4.69, 9.17) is 5.11 Å². The van der Waals surface area contributed by atoms with Gasteiger partial charge < -0.3 is 10.4 Å². The maximum Gasteiger partial charge on any atom is 0.140 e. The zero-order valence-electron chi connectivity index (χ0n) is 11.9. The Morgan fingerprint density at radius 1 is 1.33 bits per heavy atom. The largest absolute Gasteiger partial charge is 0.396 e. The summed E-state index contributed by atoms with van der Waals surface area (Å²) in [5, 5.41) is 16.7. The molecule has 0 radical (unpaired) electrons. The minimum Gasteiger partial charge on any atom is -0.396 e. The maximum atomic E-state index is 9.04. The van der Waals surface area contributed by atoms with Crippen molar-refractivity contribution in [3.8, 4) is 0 Å². The summed E-state index contributed by atoms with van der Waals surface area (Å²) in [6.45, 7) is 10.5. The van der Waals surface area contributed by atoms with E-state index in [1.807, 2.05) is 4.68 Å². The van der Waals surface area contributed by atoms with Crippen LogP contribution in [0, 0.1) is 11.8 Å². The summed E-state index contributed by atoms with van der Waals surface area (Å²) >= 11 is 0. The van der Waals surface area contributed by atoms with Crippen molar-refractivity contribution >= 4 is 0 Å². The third-order valence-electron chi connectivity index (χ3n) is 3.00. The Morgan fingerprint density at radius 3 is 2.61 bits per heavy atom. The van der Waals surface area contributed by atoms with Crippen molar-refractivity contribution in [1.29, 1.82) is 0 Å². The smallest absolute Gasteiger partial charge is 0.140 e. The van der Waals surface area contributed by atoms with E-state index >= 15 is 0 Å². The lowest BCUT2D eigenvalue weighted by atomic mass is 10.0. The van der Waals surface area contributed by atoms with Crippen LogP contribution in [0.3, 0.4) is 0 Å². The molecule has 0 aliphatic heterocycles. The van der Waals surface area contributed by atoms with Gasteiger partial charge in [0.05, 0.1) is 6.54 Å². The molecular weight excluding hydrogens is 228 g/mol. The Morgan fingerprint density at radius 2 is 2.06 bits per heavy atom. The highest BCUT2D eigenvalue weighted by Crippen LogP contribution is 2.07. The van der Waals surface area contributed by atoms with Crippen molar-refractivity contribution in [3.63, 3.8) is 0 Å². The first-order chi connectivity index (χ1) is 8.54. The summed E-state index contributed by atoms with van der Waals surface area (Å²) < 4.78 is 1.95. The van der Waals surface area contributed by atoms with Crippen LogP contribution in [0.2, 0.25) is 0 Å². The van der Waals surface area contributed by atoms with Crippen LogP contribution in [-0.2, 0) is 13.1 Å².